The number of rotatable bonds is 7. The summed E-state index contributed by atoms with van der Waals surface area (Å²) in [7, 11) is 1.70. The van der Waals surface area contributed by atoms with E-state index in [1.807, 2.05) is 6.92 Å². The molecule has 0 heterocycles. The van der Waals surface area contributed by atoms with Crippen LogP contribution in [0, 0.1) is 11.3 Å². The fourth-order valence-corrected chi connectivity index (χ4v) is 1.72. The summed E-state index contributed by atoms with van der Waals surface area (Å²) >= 11 is 0. The molecule has 0 fully saturated rings. The molecule has 0 saturated heterocycles. The third kappa shape index (κ3) is 4.08. The van der Waals surface area contributed by atoms with Crippen LogP contribution < -0.4 is 0 Å². The Bertz CT molecular complexity index is 173. The van der Waals surface area contributed by atoms with Crippen molar-refractivity contribution in [1.82, 2.24) is 4.90 Å². The average Bonchev–Trinajstić information content (AvgIpc) is 2.23. The summed E-state index contributed by atoms with van der Waals surface area (Å²) in [6.07, 6.45) is 2.18. The smallest absolute Gasteiger partial charge is 0.0952 e. The zero-order valence-electron chi connectivity index (χ0n) is 9.79. The maximum Gasteiger partial charge on any atom is 0.0952 e. The highest BCUT2D eigenvalue weighted by Crippen LogP contribution is 2.11. The first kappa shape index (κ1) is 13.4. The summed E-state index contributed by atoms with van der Waals surface area (Å²) in [5.41, 5.74) is 0. The quantitative estimate of drug-likeness (QED) is 0.628. The zero-order chi connectivity index (χ0) is 11.0. The number of hydrogen-bond acceptors (Lipinski definition) is 3. The summed E-state index contributed by atoms with van der Waals surface area (Å²) in [4.78, 5) is 2.23. The van der Waals surface area contributed by atoms with Gasteiger partial charge in [0, 0.05) is 19.7 Å². The standard InChI is InChI=1S/C11H22N2O/c1-5-11(6-2)13(7-8-14-4)10(3)9-12/h10-11H,5-8H2,1-4H3. The molecular formula is C11H22N2O. The first-order valence-corrected chi connectivity index (χ1v) is 5.35. The molecule has 14 heavy (non-hydrogen) atoms. The lowest BCUT2D eigenvalue weighted by Crippen LogP contribution is -2.42. The number of nitrogens with zero attached hydrogens (tertiary/aromatic N) is 2. The Kier molecular flexibility index (Phi) is 7.45. The Hall–Kier alpha value is -0.590. The van der Waals surface area contributed by atoms with Crippen LogP contribution in [0.1, 0.15) is 33.6 Å². The van der Waals surface area contributed by atoms with Crippen LogP contribution in [0.15, 0.2) is 0 Å². The van der Waals surface area contributed by atoms with E-state index in [4.69, 9.17) is 10.00 Å². The van der Waals surface area contributed by atoms with Crippen molar-refractivity contribution in [3.05, 3.63) is 0 Å². The molecule has 0 spiro atoms. The van der Waals surface area contributed by atoms with Gasteiger partial charge in [0.05, 0.1) is 18.7 Å². The molecule has 0 aliphatic rings. The van der Waals surface area contributed by atoms with Gasteiger partial charge >= 0.3 is 0 Å². The first-order valence-electron chi connectivity index (χ1n) is 5.35. The molecule has 0 bridgehead atoms. The normalized spacial score (nSPS) is 13.2. The Morgan fingerprint density at radius 1 is 1.36 bits per heavy atom. The zero-order valence-corrected chi connectivity index (χ0v) is 9.79. The van der Waals surface area contributed by atoms with E-state index in [0.29, 0.717) is 12.6 Å². The second kappa shape index (κ2) is 7.78. The van der Waals surface area contributed by atoms with Crippen molar-refractivity contribution >= 4 is 0 Å². The minimum Gasteiger partial charge on any atom is -0.383 e. The fourth-order valence-electron chi connectivity index (χ4n) is 1.72. The van der Waals surface area contributed by atoms with Gasteiger partial charge in [-0.05, 0) is 19.8 Å². The maximum absolute atomic E-state index is 8.91. The predicted molar refractivity (Wildman–Crippen MR) is 58.0 cm³/mol. The van der Waals surface area contributed by atoms with Crippen molar-refractivity contribution in [3.8, 4) is 6.07 Å². The lowest BCUT2D eigenvalue weighted by molar-refractivity contribution is 0.102. The highest BCUT2D eigenvalue weighted by atomic mass is 16.5. The van der Waals surface area contributed by atoms with Crippen LogP contribution in [0.4, 0.5) is 0 Å². The average molecular weight is 198 g/mol. The van der Waals surface area contributed by atoms with Crippen LogP contribution in [0.3, 0.4) is 0 Å². The maximum atomic E-state index is 8.91. The monoisotopic (exact) mass is 198 g/mol. The third-order valence-electron chi connectivity index (χ3n) is 2.65. The van der Waals surface area contributed by atoms with E-state index in [1.165, 1.54) is 0 Å². The molecule has 1 unspecified atom stereocenters. The minimum absolute atomic E-state index is 0.0185. The topological polar surface area (TPSA) is 36.3 Å². The van der Waals surface area contributed by atoms with Crippen molar-refractivity contribution in [2.75, 3.05) is 20.3 Å². The van der Waals surface area contributed by atoms with Gasteiger partial charge in [-0.1, -0.05) is 13.8 Å². The lowest BCUT2D eigenvalue weighted by atomic mass is 10.1. The van der Waals surface area contributed by atoms with Crippen molar-refractivity contribution in [2.45, 2.75) is 45.7 Å². The highest BCUT2D eigenvalue weighted by molar-refractivity contribution is 4.90. The fraction of sp³-hybridized carbons (Fsp3) is 0.909. The van der Waals surface area contributed by atoms with Gasteiger partial charge in [0.25, 0.3) is 0 Å². The Morgan fingerprint density at radius 2 is 1.93 bits per heavy atom. The number of ether oxygens (including phenoxy) is 1. The van der Waals surface area contributed by atoms with E-state index >= 15 is 0 Å². The summed E-state index contributed by atoms with van der Waals surface area (Å²) < 4.78 is 5.06. The molecule has 0 aliphatic carbocycles. The van der Waals surface area contributed by atoms with Gasteiger partial charge in [0.15, 0.2) is 0 Å². The van der Waals surface area contributed by atoms with E-state index in [9.17, 15) is 0 Å². The van der Waals surface area contributed by atoms with Crippen LogP contribution in [0.2, 0.25) is 0 Å². The van der Waals surface area contributed by atoms with E-state index in [1.54, 1.807) is 7.11 Å². The SMILES string of the molecule is CCC(CC)N(CCOC)C(C)C#N. The number of methoxy groups -OCH3 is 1. The Labute approximate surface area is 87.7 Å². The van der Waals surface area contributed by atoms with E-state index < -0.39 is 0 Å². The minimum atomic E-state index is -0.0185. The molecule has 0 radical (unpaired) electrons. The van der Waals surface area contributed by atoms with E-state index in [0.717, 1.165) is 19.4 Å². The third-order valence-corrected chi connectivity index (χ3v) is 2.65. The molecule has 0 saturated carbocycles. The van der Waals surface area contributed by atoms with Crippen LogP contribution in [0.25, 0.3) is 0 Å². The molecule has 0 N–H and O–H groups in total. The first-order chi connectivity index (χ1) is 6.71. The molecule has 0 aromatic rings. The Morgan fingerprint density at radius 3 is 2.29 bits per heavy atom. The molecule has 0 aliphatic heterocycles. The molecule has 0 amide bonds. The molecular weight excluding hydrogens is 176 g/mol. The summed E-state index contributed by atoms with van der Waals surface area (Å²) in [5.74, 6) is 0. The van der Waals surface area contributed by atoms with Gasteiger partial charge in [-0.3, -0.25) is 4.90 Å². The van der Waals surface area contributed by atoms with Gasteiger partial charge in [-0.15, -0.1) is 0 Å². The van der Waals surface area contributed by atoms with Gasteiger partial charge < -0.3 is 4.74 Å². The molecule has 1 atom stereocenters. The van der Waals surface area contributed by atoms with Gasteiger partial charge in [-0.2, -0.15) is 5.26 Å². The van der Waals surface area contributed by atoms with Crippen LogP contribution in [0.5, 0.6) is 0 Å². The second-order valence-corrected chi connectivity index (χ2v) is 3.51. The van der Waals surface area contributed by atoms with Crippen LogP contribution in [-0.2, 0) is 4.74 Å². The van der Waals surface area contributed by atoms with Crippen molar-refractivity contribution in [1.29, 1.82) is 5.26 Å². The molecule has 0 aromatic heterocycles. The largest absolute Gasteiger partial charge is 0.383 e. The summed E-state index contributed by atoms with van der Waals surface area (Å²) in [6, 6.07) is 2.77. The van der Waals surface area contributed by atoms with Crippen LogP contribution >= 0.6 is 0 Å². The van der Waals surface area contributed by atoms with Crippen molar-refractivity contribution in [2.24, 2.45) is 0 Å². The van der Waals surface area contributed by atoms with Gasteiger partial charge in [-0.25, -0.2) is 0 Å². The molecule has 3 heteroatoms. The number of hydrogen-bond donors (Lipinski definition) is 0. The predicted octanol–water partition coefficient (Wildman–Crippen LogP) is 2.04. The van der Waals surface area contributed by atoms with Crippen molar-refractivity contribution in [3.63, 3.8) is 0 Å². The molecule has 0 aromatic carbocycles. The molecule has 82 valence electrons. The Balaban J connectivity index is 4.29. The van der Waals surface area contributed by atoms with Crippen LogP contribution in [-0.4, -0.2) is 37.2 Å². The lowest BCUT2D eigenvalue weighted by Gasteiger charge is -2.32. The highest BCUT2D eigenvalue weighted by Gasteiger charge is 2.19. The molecule has 0 rings (SSSR count). The van der Waals surface area contributed by atoms with E-state index in [2.05, 4.69) is 24.8 Å². The van der Waals surface area contributed by atoms with Crippen molar-refractivity contribution < 1.29 is 4.74 Å². The summed E-state index contributed by atoms with van der Waals surface area (Å²) in [5, 5.41) is 8.91. The molecule has 3 nitrogen and oxygen atoms in total. The van der Waals surface area contributed by atoms with E-state index in [-0.39, 0.29) is 6.04 Å². The second-order valence-electron chi connectivity index (χ2n) is 3.51. The van der Waals surface area contributed by atoms with Gasteiger partial charge in [0.1, 0.15) is 0 Å². The number of nitriles is 1. The summed E-state index contributed by atoms with van der Waals surface area (Å²) in [6.45, 7) is 7.82. The van der Waals surface area contributed by atoms with Gasteiger partial charge in [0.2, 0.25) is 0 Å².